The Hall–Kier alpha value is -1.98. The number of carbonyl (C=O) groups is 1. The van der Waals surface area contributed by atoms with Crippen LogP contribution in [0.5, 0.6) is 0 Å². The average Bonchev–Trinajstić information content (AvgIpc) is 2.69. The van der Waals surface area contributed by atoms with Gasteiger partial charge in [0.25, 0.3) is 0 Å². The summed E-state index contributed by atoms with van der Waals surface area (Å²) < 4.78 is 28.5. The van der Waals surface area contributed by atoms with Gasteiger partial charge in [-0.05, 0) is 5.92 Å². The van der Waals surface area contributed by atoms with Crippen LogP contribution in [0.15, 0.2) is 12.1 Å². The van der Waals surface area contributed by atoms with Crippen LogP contribution in [0.2, 0.25) is 0 Å². The quantitative estimate of drug-likeness (QED) is 0.921. The number of nitrogens with zero attached hydrogens (tertiary/aromatic N) is 2. The number of carboxylic acid groups (broad SMARTS) is 1. The molecule has 0 spiro atoms. The molecule has 1 N–H and O–H groups in total. The van der Waals surface area contributed by atoms with Crippen molar-refractivity contribution in [2.24, 2.45) is 5.92 Å². The number of aryl methyl sites for hydroxylation is 1. The zero-order valence-electron chi connectivity index (χ0n) is 11.5. The number of hydrogen-bond donors (Lipinski definition) is 1. The number of imidazole rings is 1. The molecule has 2 aromatic rings. The molecule has 0 saturated heterocycles. The monoisotopic (exact) mass is 294 g/mol. The highest BCUT2D eigenvalue weighted by atomic mass is 19.2. The first-order chi connectivity index (χ1) is 10.0. The predicted molar refractivity (Wildman–Crippen MR) is 72.9 cm³/mol. The van der Waals surface area contributed by atoms with Crippen LogP contribution in [0.4, 0.5) is 8.78 Å². The van der Waals surface area contributed by atoms with E-state index in [1.165, 1.54) is 6.42 Å². The lowest BCUT2D eigenvalue weighted by molar-refractivity contribution is -0.137. The first-order valence-corrected chi connectivity index (χ1v) is 7.10. The van der Waals surface area contributed by atoms with Gasteiger partial charge in [-0.15, -0.1) is 0 Å². The third kappa shape index (κ3) is 2.75. The molecule has 21 heavy (non-hydrogen) atoms. The van der Waals surface area contributed by atoms with Crippen molar-refractivity contribution in [2.75, 3.05) is 0 Å². The standard InChI is InChI=1S/C15H16F2N2O2/c16-10-7-12-13(8-11(10)17)19(5-4-15(20)21)14(18-12)6-9-2-1-3-9/h7-9H,1-6H2,(H,20,21). The van der Waals surface area contributed by atoms with Gasteiger partial charge in [-0.3, -0.25) is 4.79 Å². The molecule has 1 fully saturated rings. The lowest BCUT2D eigenvalue weighted by Gasteiger charge is -2.25. The van der Waals surface area contributed by atoms with Crippen molar-refractivity contribution >= 4 is 17.0 Å². The summed E-state index contributed by atoms with van der Waals surface area (Å²) in [5.74, 6) is -1.52. The van der Waals surface area contributed by atoms with E-state index in [0.29, 0.717) is 17.0 Å². The maximum absolute atomic E-state index is 13.4. The number of fused-ring (bicyclic) bond motifs is 1. The lowest BCUT2D eigenvalue weighted by atomic mass is 9.83. The molecule has 112 valence electrons. The van der Waals surface area contributed by atoms with Crippen molar-refractivity contribution in [3.8, 4) is 0 Å². The topological polar surface area (TPSA) is 55.1 Å². The van der Waals surface area contributed by atoms with Gasteiger partial charge in [0.1, 0.15) is 5.82 Å². The first kappa shape index (κ1) is 14.0. The van der Waals surface area contributed by atoms with E-state index in [2.05, 4.69) is 4.98 Å². The van der Waals surface area contributed by atoms with Gasteiger partial charge in [0, 0.05) is 25.1 Å². The van der Waals surface area contributed by atoms with Gasteiger partial charge in [-0.25, -0.2) is 13.8 Å². The molecule has 4 nitrogen and oxygen atoms in total. The summed E-state index contributed by atoms with van der Waals surface area (Å²) in [5.41, 5.74) is 0.845. The Kier molecular flexibility index (Phi) is 3.61. The number of halogens is 2. The molecule has 1 aliphatic rings. The molecule has 6 heteroatoms. The minimum atomic E-state index is -0.936. The summed E-state index contributed by atoms with van der Waals surface area (Å²) in [7, 11) is 0. The average molecular weight is 294 g/mol. The Morgan fingerprint density at radius 1 is 1.33 bits per heavy atom. The molecule has 1 saturated carbocycles. The van der Waals surface area contributed by atoms with Crippen LogP contribution < -0.4 is 0 Å². The highest BCUT2D eigenvalue weighted by molar-refractivity contribution is 5.76. The van der Waals surface area contributed by atoms with Crippen LogP contribution in [-0.4, -0.2) is 20.6 Å². The summed E-state index contributed by atoms with van der Waals surface area (Å²) in [6.45, 7) is 0.221. The van der Waals surface area contributed by atoms with Gasteiger partial charge in [0.05, 0.1) is 17.5 Å². The largest absolute Gasteiger partial charge is 0.481 e. The number of aromatic nitrogens is 2. The van der Waals surface area contributed by atoms with Crippen molar-refractivity contribution in [3.05, 3.63) is 29.6 Å². The van der Waals surface area contributed by atoms with Crippen LogP contribution >= 0.6 is 0 Å². The van der Waals surface area contributed by atoms with Gasteiger partial charge in [-0.1, -0.05) is 19.3 Å². The van der Waals surface area contributed by atoms with Crippen LogP contribution in [0.25, 0.3) is 11.0 Å². The molecular weight excluding hydrogens is 278 g/mol. The molecule has 0 atom stereocenters. The third-order valence-corrected chi connectivity index (χ3v) is 4.11. The van der Waals surface area contributed by atoms with Gasteiger partial charge < -0.3 is 9.67 Å². The van der Waals surface area contributed by atoms with Gasteiger partial charge in [0.2, 0.25) is 0 Å². The van der Waals surface area contributed by atoms with E-state index in [1.807, 2.05) is 0 Å². The zero-order chi connectivity index (χ0) is 15.0. The van der Waals surface area contributed by atoms with E-state index >= 15 is 0 Å². The molecule has 1 aliphatic carbocycles. The summed E-state index contributed by atoms with van der Waals surface area (Å²) >= 11 is 0. The smallest absolute Gasteiger partial charge is 0.305 e. The summed E-state index contributed by atoms with van der Waals surface area (Å²) in [6, 6.07) is 2.18. The maximum atomic E-state index is 13.4. The van der Waals surface area contributed by atoms with E-state index < -0.39 is 17.6 Å². The Morgan fingerprint density at radius 2 is 2.05 bits per heavy atom. The molecule has 0 aliphatic heterocycles. The Labute approximate surface area is 120 Å². The van der Waals surface area contributed by atoms with Crippen molar-refractivity contribution < 1.29 is 18.7 Å². The van der Waals surface area contributed by atoms with E-state index in [-0.39, 0.29) is 13.0 Å². The van der Waals surface area contributed by atoms with Crippen LogP contribution in [0.1, 0.15) is 31.5 Å². The van der Waals surface area contributed by atoms with Crippen molar-refractivity contribution in [2.45, 2.75) is 38.6 Å². The number of rotatable bonds is 5. The second kappa shape index (κ2) is 5.42. The summed E-state index contributed by atoms with van der Waals surface area (Å²) in [5, 5.41) is 8.85. The van der Waals surface area contributed by atoms with Gasteiger partial charge in [0.15, 0.2) is 11.6 Å². The number of hydrogen-bond acceptors (Lipinski definition) is 2. The van der Waals surface area contributed by atoms with Gasteiger partial charge >= 0.3 is 5.97 Å². The van der Waals surface area contributed by atoms with Crippen LogP contribution in [0.3, 0.4) is 0 Å². The predicted octanol–water partition coefficient (Wildman–Crippen LogP) is 3.13. The van der Waals surface area contributed by atoms with Crippen LogP contribution in [0, 0.1) is 17.6 Å². The maximum Gasteiger partial charge on any atom is 0.305 e. The fourth-order valence-electron chi connectivity index (χ4n) is 2.74. The highest BCUT2D eigenvalue weighted by Crippen LogP contribution is 2.31. The molecule has 0 radical (unpaired) electrons. The second-order valence-electron chi connectivity index (χ2n) is 5.58. The molecule has 0 unspecified atom stereocenters. The van der Waals surface area contributed by atoms with Gasteiger partial charge in [-0.2, -0.15) is 0 Å². The van der Waals surface area contributed by atoms with E-state index in [0.717, 1.165) is 37.2 Å². The Balaban J connectivity index is 2.01. The molecule has 3 rings (SSSR count). The van der Waals surface area contributed by atoms with E-state index in [1.54, 1.807) is 4.57 Å². The molecular formula is C15H16F2N2O2. The van der Waals surface area contributed by atoms with Crippen molar-refractivity contribution in [1.29, 1.82) is 0 Å². The number of carboxylic acids is 1. The van der Waals surface area contributed by atoms with Crippen molar-refractivity contribution in [1.82, 2.24) is 9.55 Å². The second-order valence-corrected chi connectivity index (χ2v) is 5.58. The SMILES string of the molecule is O=C(O)CCn1c(CC2CCC2)nc2cc(F)c(F)cc21. The Bertz CT molecular complexity index is 693. The zero-order valence-corrected chi connectivity index (χ0v) is 11.5. The third-order valence-electron chi connectivity index (χ3n) is 4.11. The molecule has 0 amide bonds. The van der Waals surface area contributed by atoms with E-state index in [9.17, 15) is 13.6 Å². The number of aliphatic carboxylic acids is 1. The minimum Gasteiger partial charge on any atom is -0.481 e. The molecule has 0 bridgehead atoms. The van der Waals surface area contributed by atoms with Crippen LogP contribution in [-0.2, 0) is 17.8 Å². The number of benzene rings is 1. The lowest BCUT2D eigenvalue weighted by Crippen LogP contribution is -2.17. The fourth-order valence-corrected chi connectivity index (χ4v) is 2.74. The summed E-state index contributed by atoms with van der Waals surface area (Å²) in [4.78, 5) is 15.2. The normalized spacial score (nSPS) is 15.3. The van der Waals surface area contributed by atoms with E-state index in [4.69, 9.17) is 5.11 Å². The molecule has 1 heterocycles. The van der Waals surface area contributed by atoms with Crippen molar-refractivity contribution in [3.63, 3.8) is 0 Å². The fraction of sp³-hybridized carbons (Fsp3) is 0.467. The molecule has 1 aromatic carbocycles. The highest BCUT2D eigenvalue weighted by Gasteiger charge is 2.22. The minimum absolute atomic E-state index is 0.0673. The first-order valence-electron chi connectivity index (χ1n) is 7.10. The molecule has 1 aromatic heterocycles. The summed E-state index contributed by atoms with van der Waals surface area (Å²) in [6.07, 6.45) is 4.12. The Morgan fingerprint density at radius 3 is 2.67 bits per heavy atom.